The largest absolute Gasteiger partial charge is 0.497 e. The van der Waals surface area contributed by atoms with Crippen molar-refractivity contribution in [3.8, 4) is 5.75 Å². The van der Waals surface area contributed by atoms with Crippen LogP contribution in [0.2, 0.25) is 0 Å². The molecule has 7 heteroatoms. The molecule has 0 bridgehead atoms. The molecule has 1 aliphatic rings. The van der Waals surface area contributed by atoms with Gasteiger partial charge < -0.3 is 10.1 Å². The predicted octanol–water partition coefficient (Wildman–Crippen LogP) is 2.60. The molecule has 6 nitrogen and oxygen atoms in total. The number of carbonyl (C=O) groups is 1. The number of nitrogens with one attached hydrogen (secondary N) is 2. The van der Waals surface area contributed by atoms with Crippen molar-refractivity contribution in [1.29, 1.82) is 0 Å². The van der Waals surface area contributed by atoms with Gasteiger partial charge in [0.25, 0.3) is 0 Å². The molecule has 2 N–H and O–H groups in total. The van der Waals surface area contributed by atoms with Crippen LogP contribution in [0.3, 0.4) is 0 Å². The Hall–Kier alpha value is -2.38. The number of amides is 1. The first-order valence-electron chi connectivity index (χ1n) is 9.36. The summed E-state index contributed by atoms with van der Waals surface area (Å²) < 4.78 is 32.5. The topological polar surface area (TPSA) is 84.5 Å². The second-order valence-corrected chi connectivity index (χ2v) is 8.95. The minimum absolute atomic E-state index is 0.0501. The molecule has 150 valence electrons. The number of carbonyl (C=O) groups excluding carboxylic acids is 1. The number of sulfonamides is 1. The van der Waals surface area contributed by atoms with Crippen LogP contribution >= 0.6 is 0 Å². The number of methoxy groups -OCH3 is 1. The molecule has 28 heavy (non-hydrogen) atoms. The molecule has 2 aromatic carbocycles. The molecule has 3 rings (SSSR count). The Morgan fingerprint density at radius 3 is 2.29 bits per heavy atom. The summed E-state index contributed by atoms with van der Waals surface area (Å²) in [6, 6.07) is 15.3. The van der Waals surface area contributed by atoms with Gasteiger partial charge in [-0.2, -0.15) is 4.72 Å². The SMILES string of the molecule is COc1ccc(S(=O)(=O)N[C@@H](C)C(=O)NCC2(c3ccccc3)CCC2)cc1. The van der Waals surface area contributed by atoms with Crippen molar-refractivity contribution in [3.05, 3.63) is 60.2 Å². The quantitative estimate of drug-likeness (QED) is 0.711. The average molecular weight is 403 g/mol. The highest BCUT2D eigenvalue weighted by Gasteiger charge is 2.39. The maximum absolute atomic E-state index is 12.5. The lowest BCUT2D eigenvalue weighted by Gasteiger charge is -2.42. The summed E-state index contributed by atoms with van der Waals surface area (Å²) in [5.41, 5.74) is 1.17. The van der Waals surface area contributed by atoms with Gasteiger partial charge in [0.1, 0.15) is 5.75 Å². The van der Waals surface area contributed by atoms with Gasteiger partial charge in [-0.1, -0.05) is 36.8 Å². The summed E-state index contributed by atoms with van der Waals surface area (Å²) in [6.45, 7) is 2.05. The average Bonchev–Trinajstić information content (AvgIpc) is 2.67. The van der Waals surface area contributed by atoms with Crippen molar-refractivity contribution in [3.63, 3.8) is 0 Å². The van der Waals surface area contributed by atoms with Crippen molar-refractivity contribution < 1.29 is 17.9 Å². The van der Waals surface area contributed by atoms with Crippen molar-refractivity contribution in [2.75, 3.05) is 13.7 Å². The second-order valence-electron chi connectivity index (χ2n) is 7.24. The molecule has 0 radical (unpaired) electrons. The van der Waals surface area contributed by atoms with E-state index in [2.05, 4.69) is 22.2 Å². The van der Waals surface area contributed by atoms with Crippen LogP contribution < -0.4 is 14.8 Å². The number of rotatable bonds is 8. The van der Waals surface area contributed by atoms with E-state index in [9.17, 15) is 13.2 Å². The van der Waals surface area contributed by atoms with E-state index in [1.54, 1.807) is 19.1 Å². The van der Waals surface area contributed by atoms with Gasteiger partial charge in [-0.3, -0.25) is 4.79 Å². The summed E-state index contributed by atoms with van der Waals surface area (Å²) in [5, 5.41) is 2.93. The van der Waals surface area contributed by atoms with Gasteiger partial charge in [-0.05, 0) is 49.6 Å². The van der Waals surface area contributed by atoms with Gasteiger partial charge in [0.2, 0.25) is 15.9 Å². The van der Waals surface area contributed by atoms with Crippen LogP contribution in [-0.4, -0.2) is 34.0 Å². The lowest BCUT2D eigenvalue weighted by molar-refractivity contribution is -0.122. The number of hydrogen-bond donors (Lipinski definition) is 2. The van der Waals surface area contributed by atoms with Gasteiger partial charge >= 0.3 is 0 Å². The van der Waals surface area contributed by atoms with Gasteiger partial charge in [0.05, 0.1) is 18.0 Å². The van der Waals surface area contributed by atoms with Crippen LogP contribution in [0.25, 0.3) is 0 Å². The molecule has 0 heterocycles. The highest BCUT2D eigenvalue weighted by molar-refractivity contribution is 7.89. The molecule has 0 unspecified atom stereocenters. The van der Waals surface area contributed by atoms with E-state index in [4.69, 9.17) is 4.74 Å². The third-order valence-electron chi connectivity index (χ3n) is 5.39. The summed E-state index contributed by atoms with van der Waals surface area (Å²) in [6.07, 6.45) is 3.16. The maximum atomic E-state index is 12.5. The molecule has 0 aromatic heterocycles. The second kappa shape index (κ2) is 8.32. The Morgan fingerprint density at radius 1 is 1.11 bits per heavy atom. The summed E-state index contributed by atoms with van der Waals surface area (Å²) in [4.78, 5) is 12.6. The molecule has 1 fully saturated rings. The van der Waals surface area contributed by atoms with Crippen LogP contribution in [0, 0.1) is 0 Å². The summed E-state index contributed by atoms with van der Waals surface area (Å²) in [7, 11) is -2.28. The van der Waals surface area contributed by atoms with Crippen molar-refractivity contribution in [1.82, 2.24) is 10.0 Å². The van der Waals surface area contributed by atoms with E-state index in [1.807, 2.05) is 18.2 Å². The van der Waals surface area contributed by atoms with Crippen LogP contribution in [0.4, 0.5) is 0 Å². The fraction of sp³-hybridized carbons (Fsp3) is 0.381. The first-order valence-corrected chi connectivity index (χ1v) is 10.8. The van der Waals surface area contributed by atoms with Gasteiger partial charge in [0, 0.05) is 12.0 Å². The lowest BCUT2D eigenvalue weighted by atomic mass is 9.64. The zero-order valence-electron chi connectivity index (χ0n) is 16.1. The molecule has 1 aliphatic carbocycles. The fourth-order valence-corrected chi connectivity index (χ4v) is 4.68. The lowest BCUT2D eigenvalue weighted by Crippen LogP contribution is -2.50. The van der Waals surface area contributed by atoms with Crippen molar-refractivity contribution >= 4 is 15.9 Å². The molecule has 1 amide bonds. The number of hydrogen-bond acceptors (Lipinski definition) is 4. The fourth-order valence-electron chi connectivity index (χ4n) is 3.48. The minimum Gasteiger partial charge on any atom is -0.497 e. The normalized spacial score (nSPS) is 16.6. The number of benzene rings is 2. The van der Waals surface area contributed by atoms with Crippen LogP contribution in [0.1, 0.15) is 31.7 Å². The zero-order valence-corrected chi connectivity index (χ0v) is 17.0. The number of ether oxygens (including phenoxy) is 1. The van der Waals surface area contributed by atoms with Crippen LogP contribution in [0.5, 0.6) is 5.75 Å². The molecule has 0 spiro atoms. The van der Waals surface area contributed by atoms with Crippen LogP contribution in [0.15, 0.2) is 59.5 Å². The monoisotopic (exact) mass is 402 g/mol. The maximum Gasteiger partial charge on any atom is 0.241 e. The smallest absolute Gasteiger partial charge is 0.241 e. The molecule has 0 aliphatic heterocycles. The van der Waals surface area contributed by atoms with E-state index in [-0.39, 0.29) is 16.2 Å². The molecular formula is C21H26N2O4S. The van der Waals surface area contributed by atoms with Gasteiger partial charge in [-0.15, -0.1) is 0 Å². The highest BCUT2D eigenvalue weighted by Crippen LogP contribution is 2.43. The molecule has 1 atom stereocenters. The Bertz CT molecular complexity index is 907. The van der Waals surface area contributed by atoms with Gasteiger partial charge in [-0.25, -0.2) is 8.42 Å². The minimum atomic E-state index is -3.79. The molecular weight excluding hydrogens is 376 g/mol. The third-order valence-corrected chi connectivity index (χ3v) is 6.95. The Morgan fingerprint density at radius 2 is 1.75 bits per heavy atom. The zero-order chi connectivity index (χ0) is 20.2. The van der Waals surface area contributed by atoms with Crippen molar-refractivity contribution in [2.24, 2.45) is 0 Å². The van der Waals surface area contributed by atoms with Crippen molar-refractivity contribution in [2.45, 2.75) is 42.5 Å². The van der Waals surface area contributed by atoms with Crippen LogP contribution in [-0.2, 0) is 20.2 Å². The Labute approximate surface area is 166 Å². The van der Waals surface area contributed by atoms with E-state index in [0.29, 0.717) is 12.3 Å². The molecule has 0 saturated heterocycles. The Balaban J connectivity index is 1.61. The molecule has 1 saturated carbocycles. The Kier molecular flexibility index (Phi) is 6.05. The summed E-state index contributed by atoms with van der Waals surface area (Å²) >= 11 is 0. The molecule has 2 aromatic rings. The first-order chi connectivity index (χ1) is 13.4. The van der Waals surface area contributed by atoms with E-state index >= 15 is 0 Å². The van der Waals surface area contributed by atoms with E-state index < -0.39 is 16.1 Å². The predicted molar refractivity (Wildman–Crippen MR) is 108 cm³/mol. The van der Waals surface area contributed by atoms with Gasteiger partial charge in [0.15, 0.2) is 0 Å². The summed E-state index contributed by atoms with van der Waals surface area (Å²) in [5.74, 6) is 0.232. The highest BCUT2D eigenvalue weighted by atomic mass is 32.2. The standard InChI is InChI=1S/C21H26N2O4S/c1-16(23-28(25,26)19-11-9-18(27-2)10-12-19)20(24)22-15-21(13-6-14-21)17-7-4-3-5-8-17/h3-5,7-12,16,23H,6,13-15H2,1-2H3,(H,22,24)/t16-/m0/s1. The van der Waals surface area contributed by atoms with E-state index in [0.717, 1.165) is 19.3 Å². The third kappa shape index (κ3) is 4.36. The first kappa shape index (κ1) is 20.4. The van der Waals surface area contributed by atoms with E-state index in [1.165, 1.54) is 24.8 Å².